The highest BCUT2D eigenvalue weighted by atomic mass is 16.5. The van der Waals surface area contributed by atoms with E-state index in [4.69, 9.17) is 4.74 Å². The number of hydrogen-bond donors (Lipinski definition) is 2. The summed E-state index contributed by atoms with van der Waals surface area (Å²) in [5, 5.41) is 5.95. The number of aromatic nitrogens is 3. The lowest BCUT2D eigenvalue weighted by atomic mass is 10.1. The Balaban J connectivity index is 1.47. The molecular weight excluding hydrogens is 342 g/mol. The molecule has 0 atom stereocenters. The van der Waals surface area contributed by atoms with E-state index in [1.807, 2.05) is 42.5 Å². The summed E-state index contributed by atoms with van der Waals surface area (Å²) in [6.45, 7) is 1.04. The molecule has 0 aliphatic heterocycles. The quantitative estimate of drug-likeness (QED) is 0.639. The minimum atomic E-state index is -0.200. The lowest BCUT2D eigenvalue weighted by Crippen LogP contribution is -2.26. The van der Waals surface area contributed by atoms with E-state index in [9.17, 15) is 4.79 Å². The van der Waals surface area contributed by atoms with Crippen molar-refractivity contribution in [2.45, 2.75) is 13.0 Å². The summed E-state index contributed by atoms with van der Waals surface area (Å²) in [5.41, 5.74) is 2.41. The van der Waals surface area contributed by atoms with Gasteiger partial charge in [0.05, 0.1) is 24.9 Å². The number of nitrogens with one attached hydrogen (secondary N) is 2. The van der Waals surface area contributed by atoms with E-state index < -0.39 is 0 Å². The lowest BCUT2D eigenvalue weighted by molar-refractivity contribution is 0.0953. The van der Waals surface area contributed by atoms with Crippen LogP contribution in [0.5, 0.6) is 5.75 Å². The zero-order valence-corrected chi connectivity index (χ0v) is 15.1. The first-order valence-electron chi connectivity index (χ1n) is 8.61. The van der Waals surface area contributed by atoms with Gasteiger partial charge in [-0.1, -0.05) is 18.2 Å². The highest BCUT2D eigenvalue weighted by Crippen LogP contribution is 2.12. The highest BCUT2D eigenvalue weighted by molar-refractivity contribution is 5.93. The maximum atomic E-state index is 12.2. The van der Waals surface area contributed by atoms with Crippen molar-refractivity contribution in [3.05, 3.63) is 77.9 Å². The van der Waals surface area contributed by atoms with Crippen molar-refractivity contribution in [3.8, 4) is 5.75 Å². The maximum Gasteiger partial charge on any atom is 0.254 e. The SMILES string of the molecule is COc1cccc(CCNC(=O)c2cnc(NCc3ccccn3)nc2)c1. The molecule has 0 radical (unpaired) electrons. The second-order valence-electron chi connectivity index (χ2n) is 5.83. The van der Waals surface area contributed by atoms with Crippen molar-refractivity contribution in [2.24, 2.45) is 0 Å². The van der Waals surface area contributed by atoms with E-state index >= 15 is 0 Å². The molecular formula is C20H21N5O2. The van der Waals surface area contributed by atoms with Crippen LogP contribution < -0.4 is 15.4 Å². The topological polar surface area (TPSA) is 89.0 Å². The first-order valence-corrected chi connectivity index (χ1v) is 8.61. The Morgan fingerprint density at radius 2 is 1.93 bits per heavy atom. The predicted octanol–water partition coefficient (Wildman–Crippen LogP) is 2.46. The largest absolute Gasteiger partial charge is 0.497 e. The number of methoxy groups -OCH3 is 1. The third kappa shape index (κ3) is 5.50. The number of rotatable bonds is 8. The summed E-state index contributed by atoms with van der Waals surface area (Å²) in [5.74, 6) is 1.06. The molecule has 0 aliphatic carbocycles. The van der Waals surface area contributed by atoms with E-state index in [0.717, 1.165) is 17.0 Å². The van der Waals surface area contributed by atoms with Gasteiger partial charge in [-0.15, -0.1) is 0 Å². The standard InChI is InChI=1S/C20H21N5O2/c1-27-18-7-4-5-15(11-18)8-10-22-19(26)16-12-23-20(24-13-16)25-14-17-6-2-3-9-21-17/h2-7,9,11-13H,8,10,14H2,1H3,(H,22,26)(H,23,24,25). The van der Waals surface area contributed by atoms with Crippen LogP contribution in [0.15, 0.2) is 61.1 Å². The van der Waals surface area contributed by atoms with E-state index in [1.54, 1.807) is 13.3 Å². The van der Waals surface area contributed by atoms with Crippen LogP contribution in [0.1, 0.15) is 21.6 Å². The molecule has 3 aromatic rings. The summed E-state index contributed by atoms with van der Waals surface area (Å²) in [6, 6.07) is 13.5. The number of nitrogens with zero attached hydrogens (tertiary/aromatic N) is 3. The van der Waals surface area contributed by atoms with E-state index in [2.05, 4.69) is 25.6 Å². The Hall–Kier alpha value is -3.48. The fourth-order valence-electron chi connectivity index (χ4n) is 2.46. The van der Waals surface area contributed by atoms with Gasteiger partial charge in [0.2, 0.25) is 5.95 Å². The van der Waals surface area contributed by atoms with Crippen LogP contribution in [0.4, 0.5) is 5.95 Å². The number of ether oxygens (including phenoxy) is 1. The summed E-state index contributed by atoms with van der Waals surface area (Å²) < 4.78 is 5.20. The average molecular weight is 363 g/mol. The zero-order chi connectivity index (χ0) is 18.9. The Bertz CT molecular complexity index is 869. The molecule has 2 N–H and O–H groups in total. The van der Waals surface area contributed by atoms with Gasteiger partial charge < -0.3 is 15.4 Å². The third-order valence-electron chi connectivity index (χ3n) is 3.90. The van der Waals surface area contributed by atoms with Gasteiger partial charge in [-0.3, -0.25) is 9.78 Å². The van der Waals surface area contributed by atoms with Crippen LogP contribution in [-0.4, -0.2) is 34.5 Å². The number of benzene rings is 1. The Labute approximate surface area is 157 Å². The summed E-state index contributed by atoms with van der Waals surface area (Å²) in [4.78, 5) is 24.8. The number of pyridine rings is 1. The Morgan fingerprint density at radius 1 is 1.07 bits per heavy atom. The van der Waals surface area contributed by atoms with Gasteiger partial charge in [0.25, 0.3) is 5.91 Å². The van der Waals surface area contributed by atoms with Crippen molar-refractivity contribution in [1.82, 2.24) is 20.3 Å². The molecule has 0 aliphatic rings. The molecule has 1 aromatic carbocycles. The van der Waals surface area contributed by atoms with Crippen molar-refractivity contribution >= 4 is 11.9 Å². The van der Waals surface area contributed by atoms with E-state index in [-0.39, 0.29) is 5.91 Å². The monoisotopic (exact) mass is 363 g/mol. The molecule has 7 heteroatoms. The van der Waals surface area contributed by atoms with Crippen molar-refractivity contribution in [2.75, 3.05) is 19.0 Å². The minimum absolute atomic E-state index is 0.200. The number of carbonyl (C=O) groups excluding carboxylic acids is 1. The highest BCUT2D eigenvalue weighted by Gasteiger charge is 2.07. The van der Waals surface area contributed by atoms with Gasteiger partial charge in [0, 0.05) is 25.1 Å². The fraction of sp³-hybridized carbons (Fsp3) is 0.200. The molecule has 0 spiro atoms. The molecule has 138 valence electrons. The molecule has 2 aromatic heterocycles. The second kappa shape index (κ2) is 9.28. The van der Waals surface area contributed by atoms with E-state index in [0.29, 0.717) is 31.0 Å². The van der Waals surface area contributed by atoms with Crippen molar-refractivity contribution in [1.29, 1.82) is 0 Å². The smallest absolute Gasteiger partial charge is 0.254 e. The average Bonchev–Trinajstić information content (AvgIpc) is 2.73. The number of hydrogen-bond acceptors (Lipinski definition) is 6. The first-order chi connectivity index (χ1) is 13.2. The lowest BCUT2D eigenvalue weighted by Gasteiger charge is -2.07. The summed E-state index contributed by atoms with van der Waals surface area (Å²) >= 11 is 0. The van der Waals surface area contributed by atoms with Crippen LogP contribution in [-0.2, 0) is 13.0 Å². The number of amides is 1. The molecule has 27 heavy (non-hydrogen) atoms. The molecule has 0 saturated carbocycles. The number of carbonyl (C=O) groups is 1. The maximum absolute atomic E-state index is 12.2. The van der Waals surface area contributed by atoms with Crippen LogP contribution in [0.2, 0.25) is 0 Å². The minimum Gasteiger partial charge on any atom is -0.497 e. The van der Waals surface area contributed by atoms with Gasteiger partial charge in [-0.2, -0.15) is 0 Å². The van der Waals surface area contributed by atoms with Gasteiger partial charge in [-0.25, -0.2) is 9.97 Å². The second-order valence-corrected chi connectivity index (χ2v) is 5.83. The molecule has 0 saturated heterocycles. The molecule has 0 bridgehead atoms. The van der Waals surface area contributed by atoms with Crippen LogP contribution >= 0.6 is 0 Å². The van der Waals surface area contributed by atoms with Crippen LogP contribution in [0.3, 0.4) is 0 Å². The summed E-state index contributed by atoms with van der Waals surface area (Å²) in [6.07, 6.45) is 5.47. The van der Waals surface area contributed by atoms with Crippen LogP contribution in [0, 0.1) is 0 Å². The molecule has 3 rings (SSSR count). The van der Waals surface area contributed by atoms with Gasteiger partial charge in [-0.05, 0) is 36.2 Å². The van der Waals surface area contributed by atoms with Gasteiger partial charge in [0.15, 0.2) is 0 Å². The Kier molecular flexibility index (Phi) is 6.30. The number of anilines is 1. The normalized spacial score (nSPS) is 10.3. The molecule has 0 unspecified atom stereocenters. The van der Waals surface area contributed by atoms with E-state index in [1.165, 1.54) is 12.4 Å². The fourth-order valence-corrected chi connectivity index (χ4v) is 2.46. The van der Waals surface area contributed by atoms with Crippen molar-refractivity contribution < 1.29 is 9.53 Å². The van der Waals surface area contributed by atoms with Gasteiger partial charge >= 0.3 is 0 Å². The predicted molar refractivity (Wildman–Crippen MR) is 103 cm³/mol. The Morgan fingerprint density at radius 3 is 2.67 bits per heavy atom. The molecule has 1 amide bonds. The zero-order valence-electron chi connectivity index (χ0n) is 15.1. The summed E-state index contributed by atoms with van der Waals surface area (Å²) in [7, 11) is 1.63. The molecule has 7 nitrogen and oxygen atoms in total. The first kappa shape index (κ1) is 18.3. The van der Waals surface area contributed by atoms with Crippen LogP contribution in [0.25, 0.3) is 0 Å². The molecule has 0 fully saturated rings. The molecule has 2 heterocycles. The van der Waals surface area contributed by atoms with Crippen molar-refractivity contribution in [3.63, 3.8) is 0 Å². The van der Waals surface area contributed by atoms with Gasteiger partial charge in [0.1, 0.15) is 5.75 Å². The third-order valence-corrected chi connectivity index (χ3v) is 3.90.